The van der Waals surface area contributed by atoms with Crippen molar-refractivity contribution in [2.45, 2.75) is 16.4 Å². The van der Waals surface area contributed by atoms with Gasteiger partial charge in [-0.05, 0) is 0 Å². The molecule has 1 N–H and O–H groups in total. The number of aromatic amines is 1. The molecule has 0 amide bonds. The second kappa shape index (κ2) is 3.68. The van der Waals surface area contributed by atoms with Gasteiger partial charge in [-0.3, -0.25) is 0 Å². The molecule has 0 saturated carbocycles. The predicted molar refractivity (Wildman–Crippen MR) is 55.0 cm³/mol. The second-order valence-electron chi connectivity index (χ2n) is 2.68. The number of nitrogens with zero attached hydrogens (tertiary/aromatic N) is 3. The van der Waals surface area contributed by atoms with Crippen molar-refractivity contribution in [3.63, 3.8) is 0 Å². The molecule has 4 nitrogen and oxygen atoms in total. The normalized spacial score (nSPS) is 11.3. The standard InChI is InChI=1S/C7H9AsN4S/c1-8(2)13-7-5-6(10-3-9-5)11-4-12-7/h3-4H,1-2H3,(H,9,10,11,12). The summed E-state index contributed by atoms with van der Waals surface area (Å²) in [4.78, 5) is 15.4. The Bertz CT molecular complexity index is 414. The van der Waals surface area contributed by atoms with E-state index in [0.717, 1.165) is 16.2 Å². The second-order valence-corrected chi connectivity index (χ2v) is 11.6. The van der Waals surface area contributed by atoms with Gasteiger partial charge in [0, 0.05) is 0 Å². The van der Waals surface area contributed by atoms with E-state index in [1.807, 2.05) is 10.0 Å². The zero-order chi connectivity index (χ0) is 9.26. The van der Waals surface area contributed by atoms with E-state index >= 15 is 0 Å². The van der Waals surface area contributed by atoms with Crippen LogP contribution in [-0.4, -0.2) is 33.4 Å². The van der Waals surface area contributed by atoms with Crippen molar-refractivity contribution in [1.29, 1.82) is 0 Å². The third-order valence-electron chi connectivity index (χ3n) is 1.46. The van der Waals surface area contributed by atoms with E-state index in [-0.39, 0.29) is 0 Å². The molecule has 0 bridgehead atoms. The molecule has 6 heteroatoms. The van der Waals surface area contributed by atoms with Gasteiger partial charge in [0.05, 0.1) is 0 Å². The zero-order valence-electron chi connectivity index (χ0n) is 7.35. The molecule has 0 atom stereocenters. The van der Waals surface area contributed by atoms with E-state index in [4.69, 9.17) is 0 Å². The first-order valence-corrected chi connectivity index (χ1v) is 10.6. The number of hydrogen-bond donors (Lipinski definition) is 1. The molecule has 0 spiro atoms. The van der Waals surface area contributed by atoms with Crippen LogP contribution in [0.1, 0.15) is 0 Å². The summed E-state index contributed by atoms with van der Waals surface area (Å²) in [6.45, 7) is 0. The summed E-state index contributed by atoms with van der Waals surface area (Å²) in [5, 5.41) is 1.03. The minimum absolute atomic E-state index is 0.758. The Morgan fingerprint density at radius 3 is 2.92 bits per heavy atom. The maximum atomic E-state index is 4.24. The van der Waals surface area contributed by atoms with Gasteiger partial charge in [0.25, 0.3) is 0 Å². The first-order valence-electron chi connectivity index (χ1n) is 3.77. The molecule has 0 radical (unpaired) electrons. The first-order chi connectivity index (χ1) is 6.27. The topological polar surface area (TPSA) is 54.5 Å². The molecule has 0 aliphatic rings. The Labute approximate surface area is 83.8 Å². The third kappa shape index (κ3) is 1.86. The monoisotopic (exact) mass is 256 g/mol. The van der Waals surface area contributed by atoms with Crippen LogP contribution in [0.25, 0.3) is 11.2 Å². The molecule has 0 aromatic carbocycles. The summed E-state index contributed by atoms with van der Waals surface area (Å²) in [7, 11) is 1.86. The van der Waals surface area contributed by atoms with Crippen molar-refractivity contribution in [2.75, 3.05) is 0 Å². The van der Waals surface area contributed by atoms with Gasteiger partial charge in [0.1, 0.15) is 0 Å². The van der Waals surface area contributed by atoms with Crippen LogP contribution in [0.15, 0.2) is 17.7 Å². The zero-order valence-corrected chi connectivity index (χ0v) is 10.0. The van der Waals surface area contributed by atoms with Crippen molar-refractivity contribution in [3.8, 4) is 0 Å². The Morgan fingerprint density at radius 2 is 2.15 bits per heavy atom. The van der Waals surface area contributed by atoms with Gasteiger partial charge in [-0.2, -0.15) is 0 Å². The molecule has 2 aromatic heterocycles. The molecule has 0 aliphatic heterocycles. The van der Waals surface area contributed by atoms with E-state index in [2.05, 4.69) is 31.4 Å². The average molecular weight is 256 g/mol. The Kier molecular flexibility index (Phi) is 2.56. The fourth-order valence-electron chi connectivity index (χ4n) is 0.985. The summed E-state index contributed by atoms with van der Waals surface area (Å²) in [6.07, 6.45) is 3.23. The fraction of sp³-hybridized carbons (Fsp3) is 0.286. The summed E-state index contributed by atoms with van der Waals surface area (Å²) < 4.78 is 0. The number of imidazole rings is 1. The van der Waals surface area contributed by atoms with Gasteiger partial charge in [0.2, 0.25) is 0 Å². The molecule has 0 aliphatic carbocycles. The van der Waals surface area contributed by atoms with Crippen molar-refractivity contribution < 1.29 is 0 Å². The van der Waals surface area contributed by atoms with E-state index in [1.165, 1.54) is 0 Å². The summed E-state index contributed by atoms with van der Waals surface area (Å²) in [5.74, 6) is 0. The quantitative estimate of drug-likeness (QED) is 0.656. The Morgan fingerprint density at radius 1 is 1.31 bits per heavy atom. The van der Waals surface area contributed by atoms with Crippen molar-refractivity contribution in [2.24, 2.45) is 0 Å². The molecule has 2 aromatic rings. The van der Waals surface area contributed by atoms with Crippen LogP contribution >= 0.6 is 10.0 Å². The van der Waals surface area contributed by atoms with E-state index in [0.29, 0.717) is 0 Å². The van der Waals surface area contributed by atoms with Gasteiger partial charge < -0.3 is 0 Å². The molecule has 0 saturated heterocycles. The van der Waals surface area contributed by atoms with Crippen LogP contribution < -0.4 is 0 Å². The Hall–Kier alpha value is -0.542. The minimum atomic E-state index is -0.762. The van der Waals surface area contributed by atoms with Crippen LogP contribution in [0.3, 0.4) is 0 Å². The maximum absolute atomic E-state index is 4.24. The fourth-order valence-corrected chi connectivity index (χ4v) is 4.71. The SMILES string of the molecule is C[As](C)Sc1ncnc2nc[nH]c12. The number of nitrogens with one attached hydrogen (secondary N) is 1. The number of rotatable bonds is 2. The van der Waals surface area contributed by atoms with Crippen molar-refractivity contribution >= 4 is 34.7 Å². The average Bonchev–Trinajstić information content (AvgIpc) is 2.51. The van der Waals surface area contributed by atoms with Crippen LogP contribution in [-0.2, 0) is 0 Å². The molecule has 2 rings (SSSR count). The van der Waals surface area contributed by atoms with E-state index in [1.54, 1.807) is 12.7 Å². The van der Waals surface area contributed by atoms with Crippen LogP contribution in [0.2, 0.25) is 11.4 Å². The summed E-state index contributed by atoms with van der Waals surface area (Å²) in [6, 6.07) is 0. The van der Waals surface area contributed by atoms with E-state index in [9.17, 15) is 0 Å². The van der Waals surface area contributed by atoms with Crippen LogP contribution in [0, 0.1) is 0 Å². The molecule has 2 heterocycles. The predicted octanol–water partition coefficient (Wildman–Crippen LogP) is 1.70. The first kappa shape index (κ1) is 9.03. The molecule has 13 heavy (non-hydrogen) atoms. The van der Waals surface area contributed by atoms with Crippen LogP contribution in [0.4, 0.5) is 0 Å². The molecule has 0 unspecified atom stereocenters. The molecule has 0 fully saturated rings. The van der Waals surface area contributed by atoms with Crippen LogP contribution in [0.5, 0.6) is 0 Å². The van der Waals surface area contributed by atoms with Crippen molar-refractivity contribution in [3.05, 3.63) is 12.7 Å². The number of H-pyrrole nitrogens is 1. The van der Waals surface area contributed by atoms with Gasteiger partial charge in [0.15, 0.2) is 0 Å². The Balaban J connectivity index is 2.48. The van der Waals surface area contributed by atoms with Gasteiger partial charge >= 0.3 is 83.7 Å². The van der Waals surface area contributed by atoms with Gasteiger partial charge in [-0.25, -0.2) is 0 Å². The summed E-state index contributed by atoms with van der Waals surface area (Å²) in [5.41, 5.74) is 6.29. The number of hydrogen-bond acceptors (Lipinski definition) is 4. The molecule has 68 valence electrons. The van der Waals surface area contributed by atoms with Gasteiger partial charge in [-0.15, -0.1) is 0 Å². The van der Waals surface area contributed by atoms with Gasteiger partial charge in [-0.1, -0.05) is 0 Å². The molecular weight excluding hydrogens is 247 g/mol. The number of fused-ring (bicyclic) bond motifs is 1. The summed E-state index contributed by atoms with van der Waals surface area (Å²) >= 11 is -0.762. The third-order valence-corrected chi connectivity index (χ3v) is 5.69. The molecular formula is C7H9AsN4S. The number of aromatic nitrogens is 4. The van der Waals surface area contributed by atoms with E-state index < -0.39 is 13.5 Å². The van der Waals surface area contributed by atoms with Crippen molar-refractivity contribution in [1.82, 2.24) is 19.9 Å².